The first-order chi connectivity index (χ1) is 16.9. The third kappa shape index (κ3) is 7.65. The van der Waals surface area contributed by atoms with Crippen molar-refractivity contribution in [2.24, 2.45) is 0 Å². The molecule has 0 fully saturated rings. The molecule has 0 spiro atoms. The molecule has 0 aliphatic rings. The Balaban J connectivity index is 1.70. The Morgan fingerprint density at radius 3 is 2.60 bits per heavy atom. The summed E-state index contributed by atoms with van der Waals surface area (Å²) in [7, 11) is 1.58. The molecule has 35 heavy (non-hydrogen) atoms. The minimum absolute atomic E-state index is 0.165. The molecule has 0 radical (unpaired) electrons. The number of thioether (sulfide) groups is 2. The number of amides is 2. The number of anilines is 1. The Morgan fingerprint density at radius 1 is 1.17 bits per heavy atom. The van der Waals surface area contributed by atoms with Crippen LogP contribution in [-0.2, 0) is 11.3 Å². The van der Waals surface area contributed by atoms with Gasteiger partial charge in [-0.3, -0.25) is 9.59 Å². The molecule has 0 aliphatic carbocycles. The number of nitrogens with zero attached hydrogens (tertiary/aromatic N) is 3. The number of benzene rings is 2. The van der Waals surface area contributed by atoms with Gasteiger partial charge in [0.15, 0.2) is 11.0 Å². The smallest absolute Gasteiger partial charge is 0.251 e. The number of nitrogens with one attached hydrogen (secondary N) is 2. The molecule has 2 aromatic carbocycles. The highest BCUT2D eigenvalue weighted by Gasteiger charge is 2.23. The zero-order valence-electron chi connectivity index (χ0n) is 19.8. The fraction of sp³-hybridized carbons (Fsp3) is 0.333. The van der Waals surface area contributed by atoms with Crippen molar-refractivity contribution in [2.75, 3.05) is 30.2 Å². The molecule has 3 rings (SSSR count). The largest absolute Gasteiger partial charge is 0.497 e. The lowest BCUT2D eigenvalue weighted by molar-refractivity contribution is -0.113. The van der Waals surface area contributed by atoms with Crippen LogP contribution in [0.4, 0.5) is 5.69 Å². The number of rotatable bonds is 12. The van der Waals surface area contributed by atoms with Crippen molar-refractivity contribution in [2.45, 2.75) is 31.1 Å². The van der Waals surface area contributed by atoms with E-state index in [9.17, 15) is 9.59 Å². The summed E-state index contributed by atoms with van der Waals surface area (Å²) in [6.45, 7) is 2.59. The molecule has 186 valence electrons. The second-order valence-corrected chi connectivity index (χ2v) is 9.83. The summed E-state index contributed by atoms with van der Waals surface area (Å²) < 4.78 is 7.11. The van der Waals surface area contributed by atoms with Crippen molar-refractivity contribution in [3.05, 3.63) is 64.9 Å². The normalized spacial score (nSPS) is 11.7. The molecule has 2 N–H and O–H groups in total. The van der Waals surface area contributed by atoms with Crippen LogP contribution >= 0.6 is 35.1 Å². The standard InChI is InChI=1S/C24H28ClN5O3S2/c1-4-30-22(20(12-13-34-3)27-23(32)16-8-10-19(33-2)11-9-16)28-29-24(30)35-15-21(31)26-18-7-5-6-17(25)14-18/h5-11,14,20H,4,12-13,15H2,1-3H3,(H,26,31)(H,27,32)/t20-/m0/s1. The minimum Gasteiger partial charge on any atom is -0.497 e. The van der Waals surface area contributed by atoms with E-state index in [0.717, 1.165) is 5.75 Å². The Hall–Kier alpha value is -2.69. The lowest BCUT2D eigenvalue weighted by Gasteiger charge is -2.19. The Kier molecular flexibility index (Phi) is 10.3. The summed E-state index contributed by atoms with van der Waals surface area (Å²) in [6, 6.07) is 13.6. The summed E-state index contributed by atoms with van der Waals surface area (Å²) in [4.78, 5) is 25.4. The summed E-state index contributed by atoms with van der Waals surface area (Å²) in [5.41, 5.74) is 1.17. The van der Waals surface area contributed by atoms with Gasteiger partial charge in [0.2, 0.25) is 5.91 Å². The number of hydrogen-bond donors (Lipinski definition) is 2. The third-order valence-electron chi connectivity index (χ3n) is 5.08. The van der Waals surface area contributed by atoms with Gasteiger partial charge in [0.05, 0.1) is 18.9 Å². The van der Waals surface area contributed by atoms with E-state index in [-0.39, 0.29) is 23.6 Å². The molecule has 1 aromatic heterocycles. The van der Waals surface area contributed by atoms with Gasteiger partial charge in [0, 0.05) is 22.8 Å². The van der Waals surface area contributed by atoms with Gasteiger partial charge in [-0.2, -0.15) is 11.8 Å². The molecule has 3 aromatic rings. The molecule has 1 heterocycles. The molecule has 0 unspecified atom stereocenters. The van der Waals surface area contributed by atoms with Crippen molar-refractivity contribution >= 4 is 52.6 Å². The van der Waals surface area contributed by atoms with E-state index < -0.39 is 0 Å². The summed E-state index contributed by atoms with van der Waals surface area (Å²) in [5, 5.41) is 15.8. The number of carbonyl (C=O) groups is 2. The first kappa shape index (κ1) is 26.9. The minimum atomic E-state index is -0.320. The SMILES string of the molecule is CCn1c(SCC(=O)Nc2cccc(Cl)c2)nnc1[C@H](CCSC)NC(=O)c1ccc(OC)cc1. The molecular weight excluding hydrogens is 506 g/mol. The van der Waals surface area contributed by atoms with Gasteiger partial charge in [-0.15, -0.1) is 10.2 Å². The molecule has 8 nitrogen and oxygen atoms in total. The van der Waals surface area contributed by atoms with Crippen LogP contribution in [0, 0.1) is 0 Å². The van der Waals surface area contributed by atoms with Crippen LogP contribution in [0.15, 0.2) is 53.7 Å². The van der Waals surface area contributed by atoms with E-state index in [4.69, 9.17) is 16.3 Å². The van der Waals surface area contributed by atoms with Gasteiger partial charge in [-0.1, -0.05) is 29.4 Å². The highest BCUT2D eigenvalue weighted by atomic mass is 35.5. The maximum atomic E-state index is 12.9. The van der Waals surface area contributed by atoms with Crippen molar-refractivity contribution < 1.29 is 14.3 Å². The van der Waals surface area contributed by atoms with Gasteiger partial charge >= 0.3 is 0 Å². The van der Waals surface area contributed by atoms with Gasteiger partial charge in [-0.25, -0.2) is 0 Å². The molecule has 1 atom stereocenters. The number of aromatic nitrogens is 3. The number of carbonyl (C=O) groups excluding carboxylic acids is 2. The number of hydrogen-bond acceptors (Lipinski definition) is 7. The van der Waals surface area contributed by atoms with Crippen molar-refractivity contribution in [1.29, 1.82) is 0 Å². The Bertz CT molecular complexity index is 1140. The van der Waals surface area contributed by atoms with Crippen LogP contribution < -0.4 is 15.4 Å². The van der Waals surface area contributed by atoms with Crippen LogP contribution in [0.5, 0.6) is 5.75 Å². The molecular formula is C24H28ClN5O3S2. The predicted octanol–water partition coefficient (Wildman–Crippen LogP) is 4.92. The van der Waals surface area contributed by atoms with Crippen LogP contribution in [-0.4, -0.2) is 51.5 Å². The lowest BCUT2D eigenvalue weighted by Crippen LogP contribution is -2.31. The molecule has 0 aliphatic heterocycles. The van der Waals surface area contributed by atoms with Gasteiger partial charge in [-0.05, 0) is 67.8 Å². The monoisotopic (exact) mass is 533 g/mol. The molecule has 2 amide bonds. The van der Waals surface area contributed by atoms with Crippen LogP contribution in [0.3, 0.4) is 0 Å². The van der Waals surface area contributed by atoms with Crippen LogP contribution in [0.1, 0.15) is 35.6 Å². The zero-order chi connectivity index (χ0) is 25.2. The van der Waals surface area contributed by atoms with Crippen molar-refractivity contribution in [3.63, 3.8) is 0 Å². The highest BCUT2D eigenvalue weighted by molar-refractivity contribution is 7.99. The topological polar surface area (TPSA) is 98.1 Å². The fourth-order valence-corrected chi connectivity index (χ4v) is 4.81. The number of ether oxygens (including phenoxy) is 1. The second kappa shape index (κ2) is 13.4. The lowest BCUT2D eigenvalue weighted by atomic mass is 10.1. The maximum absolute atomic E-state index is 12.9. The summed E-state index contributed by atoms with van der Waals surface area (Å²) in [6.07, 6.45) is 2.72. The predicted molar refractivity (Wildman–Crippen MR) is 143 cm³/mol. The van der Waals surface area contributed by atoms with E-state index in [1.165, 1.54) is 11.8 Å². The zero-order valence-corrected chi connectivity index (χ0v) is 22.2. The van der Waals surface area contributed by atoms with Crippen molar-refractivity contribution in [1.82, 2.24) is 20.1 Å². The van der Waals surface area contributed by atoms with E-state index in [1.54, 1.807) is 67.4 Å². The van der Waals surface area contributed by atoms with E-state index >= 15 is 0 Å². The molecule has 0 saturated carbocycles. The van der Waals surface area contributed by atoms with E-state index in [2.05, 4.69) is 20.8 Å². The highest BCUT2D eigenvalue weighted by Crippen LogP contribution is 2.24. The first-order valence-electron chi connectivity index (χ1n) is 11.0. The maximum Gasteiger partial charge on any atom is 0.251 e. The van der Waals surface area contributed by atoms with E-state index in [0.29, 0.717) is 46.0 Å². The average Bonchev–Trinajstić information content (AvgIpc) is 3.28. The number of halogens is 1. The Labute approximate surface area is 218 Å². The quantitative estimate of drug-likeness (QED) is 0.319. The van der Waals surface area contributed by atoms with Gasteiger partial charge in [0.25, 0.3) is 5.91 Å². The van der Waals surface area contributed by atoms with Gasteiger partial charge < -0.3 is 19.9 Å². The second-order valence-electron chi connectivity index (χ2n) is 7.47. The first-order valence-corrected chi connectivity index (χ1v) is 13.8. The molecule has 0 saturated heterocycles. The Morgan fingerprint density at radius 2 is 1.94 bits per heavy atom. The average molecular weight is 534 g/mol. The van der Waals surface area contributed by atoms with Crippen molar-refractivity contribution in [3.8, 4) is 5.75 Å². The molecule has 0 bridgehead atoms. The summed E-state index contributed by atoms with van der Waals surface area (Å²) >= 11 is 8.98. The fourth-order valence-electron chi connectivity index (χ4n) is 3.34. The van der Waals surface area contributed by atoms with E-state index in [1.807, 2.05) is 17.7 Å². The molecule has 11 heteroatoms. The third-order valence-corrected chi connectivity index (χ3v) is 6.93. The number of methoxy groups -OCH3 is 1. The summed E-state index contributed by atoms with van der Waals surface area (Å²) in [5.74, 6) is 2.00. The van der Waals surface area contributed by atoms with Crippen LogP contribution in [0.25, 0.3) is 0 Å². The van der Waals surface area contributed by atoms with Gasteiger partial charge in [0.1, 0.15) is 5.75 Å². The van der Waals surface area contributed by atoms with Crippen LogP contribution in [0.2, 0.25) is 5.02 Å².